The zero-order valence-electron chi connectivity index (χ0n) is 17.7. The van der Waals surface area contributed by atoms with Crippen molar-refractivity contribution in [3.8, 4) is 11.5 Å². The lowest BCUT2D eigenvalue weighted by Crippen LogP contribution is -2.47. The van der Waals surface area contributed by atoms with Crippen LogP contribution in [-0.4, -0.2) is 42.1 Å². The van der Waals surface area contributed by atoms with Gasteiger partial charge in [-0.05, 0) is 24.6 Å². The second-order valence-electron chi connectivity index (χ2n) is 7.58. The summed E-state index contributed by atoms with van der Waals surface area (Å²) in [6.45, 7) is 3.71. The van der Waals surface area contributed by atoms with Crippen LogP contribution in [0, 0.1) is 0 Å². The Morgan fingerprint density at radius 1 is 0.800 bits per heavy atom. The smallest absolute Gasteiger partial charge is 0.123 e. The molecule has 4 rings (SSSR count). The van der Waals surface area contributed by atoms with Crippen LogP contribution in [0.3, 0.4) is 0 Å². The van der Waals surface area contributed by atoms with Crippen molar-refractivity contribution in [2.75, 3.05) is 27.3 Å². The highest BCUT2D eigenvalue weighted by atomic mass is 16.5. The van der Waals surface area contributed by atoms with Crippen LogP contribution in [0.5, 0.6) is 11.5 Å². The second-order valence-corrected chi connectivity index (χ2v) is 7.58. The van der Waals surface area contributed by atoms with E-state index in [2.05, 4.69) is 45.1 Å². The Balaban J connectivity index is 1.66. The number of rotatable bonds is 7. The van der Waals surface area contributed by atoms with E-state index < -0.39 is 0 Å². The van der Waals surface area contributed by atoms with Gasteiger partial charge in [-0.25, -0.2) is 0 Å². The molecule has 30 heavy (non-hydrogen) atoms. The van der Waals surface area contributed by atoms with Crippen LogP contribution in [0.4, 0.5) is 0 Å². The minimum Gasteiger partial charge on any atom is -0.496 e. The van der Waals surface area contributed by atoms with Gasteiger partial charge in [0.05, 0.1) is 20.4 Å². The molecular weight excluding hydrogens is 374 g/mol. The van der Waals surface area contributed by atoms with Gasteiger partial charge in [0.1, 0.15) is 11.5 Å². The molecule has 0 N–H and O–H groups in total. The van der Waals surface area contributed by atoms with Gasteiger partial charge in [-0.1, -0.05) is 42.5 Å². The van der Waals surface area contributed by atoms with Gasteiger partial charge in [0, 0.05) is 55.3 Å². The van der Waals surface area contributed by atoms with E-state index in [4.69, 9.17) is 9.47 Å². The Morgan fingerprint density at radius 2 is 1.37 bits per heavy atom. The average molecular weight is 404 g/mol. The van der Waals surface area contributed by atoms with Crippen molar-refractivity contribution >= 4 is 0 Å². The third kappa shape index (κ3) is 4.48. The normalized spacial score (nSPS) is 15.8. The van der Waals surface area contributed by atoms with Gasteiger partial charge in [-0.3, -0.25) is 14.8 Å². The van der Waals surface area contributed by atoms with E-state index in [0.29, 0.717) is 0 Å². The van der Waals surface area contributed by atoms with Crippen molar-refractivity contribution < 1.29 is 9.47 Å². The molecule has 0 bridgehead atoms. The van der Waals surface area contributed by atoms with Crippen LogP contribution < -0.4 is 9.47 Å². The summed E-state index contributed by atoms with van der Waals surface area (Å²) in [6.07, 6.45) is 5.07. The Morgan fingerprint density at radius 3 is 1.87 bits per heavy atom. The van der Waals surface area contributed by atoms with Gasteiger partial charge in [0.25, 0.3) is 0 Å². The molecule has 1 fully saturated rings. The molecule has 3 aromatic rings. The molecule has 0 unspecified atom stereocenters. The molecule has 0 spiro atoms. The van der Waals surface area contributed by atoms with Crippen LogP contribution in [-0.2, 0) is 13.1 Å². The van der Waals surface area contributed by atoms with Gasteiger partial charge in [-0.15, -0.1) is 0 Å². The quantitative estimate of drug-likeness (QED) is 0.580. The molecular formula is C25H29N3O2. The van der Waals surface area contributed by atoms with Crippen molar-refractivity contribution in [3.05, 3.63) is 89.7 Å². The van der Waals surface area contributed by atoms with Gasteiger partial charge in [-0.2, -0.15) is 0 Å². The van der Waals surface area contributed by atoms with Crippen LogP contribution in [0.2, 0.25) is 0 Å². The highest BCUT2D eigenvalue weighted by molar-refractivity contribution is 5.34. The van der Waals surface area contributed by atoms with E-state index in [9.17, 15) is 0 Å². The van der Waals surface area contributed by atoms with E-state index in [1.807, 2.05) is 42.7 Å². The van der Waals surface area contributed by atoms with Crippen LogP contribution in [0.25, 0.3) is 0 Å². The number of aromatic nitrogens is 1. The lowest BCUT2D eigenvalue weighted by atomic mass is 10.0. The maximum atomic E-state index is 5.61. The molecule has 1 aromatic heterocycles. The molecule has 0 aliphatic carbocycles. The summed E-state index contributed by atoms with van der Waals surface area (Å²) in [4.78, 5) is 9.45. The number of para-hydroxylation sites is 2. The first-order chi connectivity index (χ1) is 14.8. The molecule has 1 aliphatic rings. The number of nitrogens with zero attached hydrogens (tertiary/aromatic N) is 3. The first kappa shape index (κ1) is 20.4. The number of hydrogen-bond acceptors (Lipinski definition) is 5. The van der Waals surface area contributed by atoms with Gasteiger partial charge in [0.2, 0.25) is 0 Å². The second kappa shape index (κ2) is 9.74. The standard InChI is InChI=1S/C25H29N3O2/c1-29-23-12-5-3-9-21(23)18-27-15-8-16-28(25(27)20-11-7-14-26-17-20)19-22-10-4-6-13-24(22)30-2/h3-7,9-14,17,25H,8,15-16,18-19H2,1-2H3. The van der Waals surface area contributed by atoms with Gasteiger partial charge >= 0.3 is 0 Å². The van der Waals surface area contributed by atoms with Crippen LogP contribution in [0.1, 0.15) is 29.3 Å². The maximum Gasteiger partial charge on any atom is 0.123 e. The molecule has 1 aliphatic heterocycles. The number of benzene rings is 2. The Kier molecular flexibility index (Phi) is 6.62. The van der Waals surface area contributed by atoms with Gasteiger partial charge < -0.3 is 9.47 Å². The first-order valence-electron chi connectivity index (χ1n) is 10.4. The summed E-state index contributed by atoms with van der Waals surface area (Å²) in [6, 6.07) is 20.8. The van der Waals surface area contributed by atoms with Crippen LogP contribution >= 0.6 is 0 Å². The van der Waals surface area contributed by atoms with Crippen molar-refractivity contribution in [3.63, 3.8) is 0 Å². The topological polar surface area (TPSA) is 37.8 Å². The molecule has 0 saturated carbocycles. The Bertz CT molecular complexity index is 890. The molecule has 0 radical (unpaired) electrons. The zero-order valence-corrected chi connectivity index (χ0v) is 17.7. The number of pyridine rings is 1. The fraction of sp³-hybridized carbons (Fsp3) is 0.320. The fourth-order valence-electron chi connectivity index (χ4n) is 4.34. The monoisotopic (exact) mass is 403 g/mol. The number of hydrogen-bond donors (Lipinski definition) is 0. The predicted molar refractivity (Wildman–Crippen MR) is 118 cm³/mol. The van der Waals surface area contributed by atoms with E-state index in [-0.39, 0.29) is 6.17 Å². The maximum absolute atomic E-state index is 5.61. The summed E-state index contributed by atoms with van der Waals surface area (Å²) in [5.74, 6) is 1.87. The highest BCUT2D eigenvalue weighted by Crippen LogP contribution is 2.34. The lowest BCUT2D eigenvalue weighted by Gasteiger charge is -2.44. The summed E-state index contributed by atoms with van der Waals surface area (Å²) in [5, 5.41) is 0. The van der Waals surface area contributed by atoms with Crippen molar-refractivity contribution in [1.82, 2.24) is 14.8 Å². The van der Waals surface area contributed by atoms with Crippen molar-refractivity contribution in [2.45, 2.75) is 25.7 Å². The lowest BCUT2D eigenvalue weighted by molar-refractivity contribution is -0.00996. The van der Waals surface area contributed by atoms with E-state index >= 15 is 0 Å². The SMILES string of the molecule is COc1ccccc1CN1CCCN(Cc2ccccc2OC)C1c1cccnc1. The summed E-state index contributed by atoms with van der Waals surface area (Å²) in [7, 11) is 3.48. The van der Waals surface area contributed by atoms with E-state index in [0.717, 1.165) is 44.1 Å². The van der Waals surface area contributed by atoms with Crippen molar-refractivity contribution in [1.29, 1.82) is 0 Å². The summed E-state index contributed by atoms with van der Waals surface area (Å²) < 4.78 is 11.2. The third-order valence-electron chi connectivity index (χ3n) is 5.70. The van der Waals surface area contributed by atoms with Crippen molar-refractivity contribution in [2.24, 2.45) is 0 Å². The van der Waals surface area contributed by atoms with E-state index in [1.54, 1.807) is 14.2 Å². The third-order valence-corrected chi connectivity index (χ3v) is 5.70. The Hall–Kier alpha value is -2.89. The molecule has 0 atom stereocenters. The first-order valence-corrected chi connectivity index (χ1v) is 10.4. The molecule has 5 heteroatoms. The largest absolute Gasteiger partial charge is 0.496 e. The molecule has 0 amide bonds. The summed E-state index contributed by atoms with van der Waals surface area (Å²) in [5.41, 5.74) is 3.61. The zero-order chi connectivity index (χ0) is 20.8. The minimum atomic E-state index is 0.141. The van der Waals surface area contributed by atoms with E-state index in [1.165, 1.54) is 16.7 Å². The average Bonchev–Trinajstić information content (AvgIpc) is 2.80. The molecule has 2 heterocycles. The number of ether oxygens (including phenoxy) is 2. The van der Waals surface area contributed by atoms with Gasteiger partial charge in [0.15, 0.2) is 0 Å². The molecule has 5 nitrogen and oxygen atoms in total. The minimum absolute atomic E-state index is 0.141. The fourth-order valence-corrected chi connectivity index (χ4v) is 4.34. The number of methoxy groups -OCH3 is 2. The summed E-state index contributed by atoms with van der Waals surface area (Å²) >= 11 is 0. The molecule has 2 aromatic carbocycles. The Labute approximate surface area is 178 Å². The van der Waals surface area contributed by atoms with Crippen LogP contribution in [0.15, 0.2) is 73.1 Å². The highest BCUT2D eigenvalue weighted by Gasteiger charge is 2.31. The molecule has 156 valence electrons. The molecule has 1 saturated heterocycles. The predicted octanol–water partition coefficient (Wildman–Crippen LogP) is 4.51.